The molecule has 1 unspecified atom stereocenters. The molecule has 98 heavy (non-hydrogen) atoms. The highest BCUT2D eigenvalue weighted by atomic mass is 16.6. The minimum atomic E-state index is -0.315. The Morgan fingerprint density at radius 2 is 0.776 bits per heavy atom. The number of aliphatic hydroxyl groups excluding tert-OH is 2. The molecule has 0 aromatic heterocycles. The Morgan fingerprint density at radius 1 is 0.469 bits per heavy atom. The van der Waals surface area contributed by atoms with Gasteiger partial charge in [-0.1, -0.05) is 197 Å². The van der Waals surface area contributed by atoms with Gasteiger partial charge in [0.15, 0.2) is 0 Å². The third kappa shape index (κ3) is 25.7. The monoisotopic (exact) mass is 1340 g/mol. The van der Waals surface area contributed by atoms with Gasteiger partial charge >= 0.3 is 0 Å². The summed E-state index contributed by atoms with van der Waals surface area (Å²) >= 11 is 0. The number of β-amino-alcohol motifs (C(OH)–C–C–N with tert-alkyl or cyclic N) is 1. The topological polar surface area (TPSA) is 166 Å². The fourth-order valence-electron chi connectivity index (χ4n) is 13.9. The number of ether oxygens (including phenoxy) is 2. The molecule has 0 saturated carbocycles. The van der Waals surface area contributed by atoms with Crippen LogP contribution in [0, 0.1) is 17.8 Å². The van der Waals surface area contributed by atoms with Crippen molar-refractivity contribution in [2.24, 2.45) is 17.8 Å². The molecule has 14 nitrogen and oxygen atoms in total. The van der Waals surface area contributed by atoms with Gasteiger partial charge in [0, 0.05) is 106 Å². The maximum absolute atomic E-state index is 12.5. The third-order valence-corrected chi connectivity index (χ3v) is 19.6. The predicted octanol–water partition coefficient (Wildman–Crippen LogP) is 15.3. The van der Waals surface area contributed by atoms with E-state index in [1.165, 1.54) is 29.8 Å². The highest BCUT2D eigenvalue weighted by molar-refractivity contribution is 5.93. The average Bonchev–Trinajstić information content (AvgIpc) is 1.55. The van der Waals surface area contributed by atoms with Crippen LogP contribution in [0.1, 0.15) is 168 Å². The Bertz CT molecular complexity index is 2950. The summed E-state index contributed by atoms with van der Waals surface area (Å²) in [6.45, 7) is 36.0. The number of aliphatic hydroxyl groups is 2. The van der Waals surface area contributed by atoms with Crippen molar-refractivity contribution >= 4 is 47.3 Å². The first-order chi connectivity index (χ1) is 48.1. The SMILES string of the molecule is CC.CC.CC.CC.CC.CCO.O=C(/C=C/c1ccccc1)N1CCC(C2CO2)CC1.O=C(/C=C/c1ccccc1)N1CCC([C@@H](O)CN2CCC3(CC2)CNc2ccccc23)CC1.O=C(/C=C/c1ccccc1)N1CCC([C@@H]2CO2)CC1.c1ccc2c(c1)NCC21CCNCC1. The van der Waals surface area contributed by atoms with Crippen LogP contribution in [0.5, 0.6) is 0 Å². The minimum Gasteiger partial charge on any atom is -0.397 e. The van der Waals surface area contributed by atoms with Crippen molar-refractivity contribution in [3.05, 3.63) is 186 Å². The first kappa shape index (κ1) is 81.8. The van der Waals surface area contributed by atoms with Crippen molar-refractivity contribution < 1.29 is 34.1 Å². The molecule has 5 aromatic carbocycles. The molecule has 14 heteroatoms. The lowest BCUT2D eigenvalue weighted by atomic mass is 9.74. The highest BCUT2D eigenvalue weighted by Crippen LogP contribution is 2.45. The Kier molecular flexibility index (Phi) is 38.1. The van der Waals surface area contributed by atoms with Crippen LogP contribution in [0.25, 0.3) is 18.2 Å². The number of benzene rings is 5. The Morgan fingerprint density at radius 3 is 1.11 bits per heavy atom. The van der Waals surface area contributed by atoms with E-state index in [4.69, 9.17) is 14.6 Å². The van der Waals surface area contributed by atoms with Gasteiger partial charge in [0.25, 0.3) is 0 Å². The zero-order chi connectivity index (χ0) is 71.0. The Labute approximate surface area is 591 Å². The molecule has 0 bridgehead atoms. The second-order valence-corrected chi connectivity index (χ2v) is 25.3. The van der Waals surface area contributed by atoms with E-state index in [1.54, 1.807) is 30.7 Å². The number of amides is 3. The highest BCUT2D eigenvalue weighted by Gasteiger charge is 2.43. The second-order valence-electron chi connectivity index (χ2n) is 25.3. The van der Waals surface area contributed by atoms with Crippen molar-refractivity contribution in [2.45, 2.75) is 170 Å². The van der Waals surface area contributed by atoms with E-state index in [-0.39, 0.29) is 41.8 Å². The number of hydrogen-bond donors (Lipinski definition) is 5. The minimum absolute atomic E-state index is 0.0681. The normalized spacial score (nSPS) is 20.4. The third-order valence-electron chi connectivity index (χ3n) is 19.6. The van der Waals surface area contributed by atoms with Gasteiger partial charge in [-0.25, -0.2) is 0 Å². The lowest BCUT2D eigenvalue weighted by molar-refractivity contribution is -0.128. The lowest BCUT2D eigenvalue weighted by Crippen LogP contribution is -2.48. The predicted molar refractivity (Wildman–Crippen MR) is 410 cm³/mol. The van der Waals surface area contributed by atoms with Gasteiger partial charge < -0.3 is 55.2 Å². The van der Waals surface area contributed by atoms with Crippen molar-refractivity contribution in [1.82, 2.24) is 24.9 Å². The molecular weight excluding hydrogens is 1220 g/mol. The van der Waals surface area contributed by atoms with Crippen molar-refractivity contribution in [3.8, 4) is 0 Å². The van der Waals surface area contributed by atoms with Crippen LogP contribution in [-0.4, -0.2) is 171 Å². The van der Waals surface area contributed by atoms with Crippen LogP contribution in [0.2, 0.25) is 0 Å². The molecule has 7 saturated heterocycles. The first-order valence-corrected chi connectivity index (χ1v) is 37.8. The average molecular weight is 1340 g/mol. The van der Waals surface area contributed by atoms with Gasteiger partial charge in [0.05, 0.1) is 31.5 Å². The zero-order valence-corrected chi connectivity index (χ0v) is 61.8. The number of epoxide rings is 2. The van der Waals surface area contributed by atoms with E-state index < -0.39 is 0 Å². The Hall–Kier alpha value is -6.91. The molecule has 3 atom stereocenters. The summed E-state index contributed by atoms with van der Waals surface area (Å²) in [6, 6.07) is 47.3. The number of para-hydroxylation sites is 2. The van der Waals surface area contributed by atoms with Crippen LogP contribution in [-0.2, 0) is 34.7 Å². The van der Waals surface area contributed by atoms with Crippen LogP contribution in [0.15, 0.2) is 158 Å². The molecule has 9 heterocycles. The number of carbonyl (C=O) groups excluding carboxylic acids is 3. The summed E-state index contributed by atoms with van der Waals surface area (Å²) in [5.74, 6) is 1.93. The molecule has 0 radical (unpaired) electrons. The van der Waals surface area contributed by atoms with E-state index in [9.17, 15) is 19.5 Å². The molecule has 7 fully saturated rings. The maximum atomic E-state index is 12.5. The molecule has 14 rings (SSSR count). The van der Waals surface area contributed by atoms with Crippen LogP contribution < -0.4 is 16.0 Å². The summed E-state index contributed by atoms with van der Waals surface area (Å²) < 4.78 is 10.7. The van der Waals surface area contributed by atoms with E-state index in [1.807, 2.05) is 193 Å². The van der Waals surface area contributed by atoms with Gasteiger partial charge in [-0.05, 0) is 173 Å². The van der Waals surface area contributed by atoms with Gasteiger partial charge in [-0.3, -0.25) is 14.4 Å². The van der Waals surface area contributed by atoms with E-state index in [0.29, 0.717) is 29.5 Å². The molecule has 3 amide bonds. The number of nitrogens with one attached hydrogen (secondary N) is 3. The quantitative estimate of drug-likeness (QED) is 0.0631. The maximum Gasteiger partial charge on any atom is 0.246 e. The fourth-order valence-corrected chi connectivity index (χ4v) is 13.9. The van der Waals surface area contributed by atoms with Crippen LogP contribution in [0.3, 0.4) is 0 Å². The number of fused-ring (bicyclic) bond motifs is 4. The van der Waals surface area contributed by atoms with Crippen LogP contribution in [0.4, 0.5) is 11.4 Å². The molecule has 5 N–H and O–H groups in total. The number of likely N-dealkylation sites (tertiary alicyclic amines) is 4. The fraction of sp³-hybridized carbons (Fsp3) is 0.536. The first-order valence-electron chi connectivity index (χ1n) is 37.8. The van der Waals surface area contributed by atoms with Crippen molar-refractivity contribution in [2.75, 3.05) is 116 Å². The van der Waals surface area contributed by atoms with Gasteiger partial charge in [0.1, 0.15) is 0 Å². The standard InChI is InChI=1S/C28H35N3O2.2C16H19NO2.C12H16N2.C2H6O.5C2H6/c32-26(20-30-18-14-28(15-19-30)21-29-25-9-5-4-8-24(25)28)23-12-16-31(17-13-23)27(33)11-10-22-6-2-1-3-7-22;2*18-16(7-6-13-4-2-1-3-5-13)17-10-8-14(9-11-17)15-12-19-15;1-2-4-11-10(3-1)12(9-14-11)5-7-13-8-6-12;1-2-3;5*1-2/h1-11,23,26,29,32H,12-21H2;2*1-7,14-15H,8-12H2;1-4,13-14H,5-9H2;3H,2H2,1H3;5*1-2H3/b11-10+;2*7-6+;;;;;;;/t26-;15-;;;;;;;;/m00......../s1. The van der Waals surface area contributed by atoms with E-state index in [0.717, 1.165) is 166 Å². The number of piperidine rings is 5. The van der Waals surface area contributed by atoms with E-state index in [2.05, 4.69) is 69.4 Å². The zero-order valence-electron chi connectivity index (χ0n) is 61.8. The second kappa shape index (κ2) is 45.7. The van der Waals surface area contributed by atoms with Gasteiger partial charge in [-0.15, -0.1) is 0 Å². The summed E-state index contributed by atoms with van der Waals surface area (Å²) in [7, 11) is 0. The molecule has 2 spiro atoms. The Balaban J connectivity index is 0.000000232. The number of anilines is 2. The number of carbonyl (C=O) groups is 3. The summed E-state index contributed by atoms with van der Waals surface area (Å²) in [6.07, 6.45) is 22.3. The largest absolute Gasteiger partial charge is 0.397 e. The molecule has 5 aromatic rings. The van der Waals surface area contributed by atoms with Gasteiger partial charge in [-0.2, -0.15) is 0 Å². The summed E-state index contributed by atoms with van der Waals surface area (Å²) in [4.78, 5) is 44.9. The number of rotatable bonds is 11. The van der Waals surface area contributed by atoms with Crippen molar-refractivity contribution in [3.63, 3.8) is 0 Å². The molecule has 9 aliphatic heterocycles. The number of nitrogens with zero attached hydrogens (tertiary/aromatic N) is 4. The van der Waals surface area contributed by atoms with Crippen molar-refractivity contribution in [1.29, 1.82) is 0 Å². The number of hydrogen-bond acceptors (Lipinski definition) is 11. The van der Waals surface area contributed by atoms with Gasteiger partial charge in [0.2, 0.25) is 17.7 Å². The smallest absolute Gasteiger partial charge is 0.246 e. The molecular formula is C84H125N7O7. The lowest BCUT2D eigenvalue weighted by Gasteiger charge is -2.41. The molecule has 0 aliphatic carbocycles. The van der Waals surface area contributed by atoms with E-state index >= 15 is 0 Å². The molecule has 538 valence electrons. The summed E-state index contributed by atoms with van der Waals surface area (Å²) in [5, 5.41) is 29.1. The van der Waals surface area contributed by atoms with Crippen LogP contribution >= 0.6 is 0 Å². The molecule has 9 aliphatic rings. The summed E-state index contributed by atoms with van der Waals surface area (Å²) in [5.41, 5.74) is 9.54.